The Morgan fingerprint density at radius 1 is 0.762 bits per heavy atom. The minimum atomic E-state index is -1.10. The molecule has 2 unspecified atom stereocenters. The molecule has 8 rings (SSSR count). The largest absolute Gasteiger partial charge is 0.472 e. The first-order valence-electron chi connectivity index (χ1n) is 14.9. The van der Waals surface area contributed by atoms with Gasteiger partial charge >= 0.3 is 0 Å². The van der Waals surface area contributed by atoms with Crippen LogP contribution in [-0.4, -0.2) is 31.4 Å². The van der Waals surface area contributed by atoms with E-state index in [1.54, 1.807) is 0 Å². The molecule has 0 aromatic heterocycles. The number of hydrogen-bond donors (Lipinski definition) is 1. The van der Waals surface area contributed by atoms with Gasteiger partial charge in [0.25, 0.3) is 0 Å². The molecule has 0 saturated carbocycles. The van der Waals surface area contributed by atoms with Crippen molar-refractivity contribution < 1.29 is 14.6 Å². The number of hydrogen-bond acceptors (Lipinski definition) is 4. The lowest BCUT2D eigenvalue weighted by Gasteiger charge is -2.38. The number of aliphatic hydroxyl groups is 1. The standard InChI is InChI=1S/C38H33NO3/c1-2-37(40)33-15-9-8-14-31(33)34-29-12-6-7-13-30(29)36-32(35(34)37)20-21-38(42-36,26-10-4-3-5-11-26)27-16-18-28(19-17-27)39-22-24-41-25-23-39/h3-21,40H,2,22-25H2,1H3. The van der Waals surface area contributed by atoms with E-state index in [2.05, 4.69) is 115 Å². The third-order valence-corrected chi connectivity index (χ3v) is 9.40. The maximum Gasteiger partial charge on any atom is 0.178 e. The second-order valence-corrected chi connectivity index (χ2v) is 11.5. The van der Waals surface area contributed by atoms with Crippen molar-refractivity contribution in [3.8, 4) is 16.9 Å². The Kier molecular flexibility index (Phi) is 5.78. The molecule has 1 saturated heterocycles. The summed E-state index contributed by atoms with van der Waals surface area (Å²) in [6, 6.07) is 36.0. The van der Waals surface area contributed by atoms with Crippen molar-refractivity contribution in [3.05, 3.63) is 137 Å². The van der Waals surface area contributed by atoms with E-state index in [-0.39, 0.29) is 0 Å². The number of ether oxygens (including phenoxy) is 2. The molecule has 208 valence electrons. The van der Waals surface area contributed by atoms with Crippen LogP contribution in [0.25, 0.3) is 28.0 Å². The van der Waals surface area contributed by atoms with Gasteiger partial charge in [-0.15, -0.1) is 0 Å². The van der Waals surface area contributed by atoms with Crippen LogP contribution < -0.4 is 9.64 Å². The Balaban J connectivity index is 1.36. The lowest BCUT2D eigenvalue weighted by Crippen LogP contribution is -2.37. The van der Waals surface area contributed by atoms with Crippen LogP contribution in [0, 0.1) is 0 Å². The molecule has 0 radical (unpaired) electrons. The van der Waals surface area contributed by atoms with Crippen LogP contribution in [-0.2, 0) is 15.9 Å². The van der Waals surface area contributed by atoms with Gasteiger partial charge in [0.15, 0.2) is 5.60 Å². The van der Waals surface area contributed by atoms with Crippen LogP contribution >= 0.6 is 0 Å². The third-order valence-electron chi connectivity index (χ3n) is 9.40. The molecular formula is C38H33NO3. The fourth-order valence-electron chi connectivity index (χ4n) is 7.27. The van der Waals surface area contributed by atoms with Crippen molar-refractivity contribution >= 4 is 22.5 Å². The van der Waals surface area contributed by atoms with Gasteiger partial charge in [-0.05, 0) is 46.7 Å². The van der Waals surface area contributed by atoms with Crippen molar-refractivity contribution in [1.82, 2.24) is 0 Å². The highest BCUT2D eigenvalue weighted by molar-refractivity contribution is 6.08. The van der Waals surface area contributed by atoms with Gasteiger partial charge in [0.1, 0.15) is 11.4 Å². The van der Waals surface area contributed by atoms with Crippen LogP contribution in [0.2, 0.25) is 0 Å². The molecule has 1 fully saturated rings. The fourth-order valence-corrected chi connectivity index (χ4v) is 7.27. The Bertz CT molecular complexity index is 1840. The van der Waals surface area contributed by atoms with Gasteiger partial charge in [-0.1, -0.05) is 104 Å². The first-order chi connectivity index (χ1) is 20.6. The van der Waals surface area contributed by atoms with Crippen LogP contribution in [0.4, 0.5) is 5.69 Å². The van der Waals surface area contributed by atoms with Crippen LogP contribution in [0.3, 0.4) is 0 Å². The summed E-state index contributed by atoms with van der Waals surface area (Å²) in [7, 11) is 0. The number of rotatable bonds is 4. The summed E-state index contributed by atoms with van der Waals surface area (Å²) in [6.45, 7) is 5.36. The van der Waals surface area contributed by atoms with Crippen molar-refractivity contribution in [3.63, 3.8) is 0 Å². The number of benzene rings is 5. The quantitative estimate of drug-likeness (QED) is 0.249. The molecule has 0 amide bonds. The zero-order valence-corrected chi connectivity index (χ0v) is 23.7. The van der Waals surface area contributed by atoms with Crippen LogP contribution in [0.15, 0.2) is 109 Å². The monoisotopic (exact) mass is 551 g/mol. The molecule has 0 bridgehead atoms. The Hall–Kier alpha value is -4.38. The van der Waals surface area contributed by atoms with Gasteiger partial charge in [0, 0.05) is 46.4 Å². The van der Waals surface area contributed by atoms with Gasteiger partial charge < -0.3 is 19.5 Å². The molecule has 1 aliphatic carbocycles. The molecule has 5 aromatic rings. The Labute approximate surface area is 246 Å². The second kappa shape index (κ2) is 9.59. The lowest BCUT2D eigenvalue weighted by atomic mass is 9.79. The molecule has 4 nitrogen and oxygen atoms in total. The molecule has 42 heavy (non-hydrogen) atoms. The fraction of sp³-hybridized carbons (Fsp3) is 0.211. The second-order valence-electron chi connectivity index (χ2n) is 11.5. The van der Waals surface area contributed by atoms with Crippen molar-refractivity contribution in [2.75, 3.05) is 31.2 Å². The number of morpholine rings is 1. The topological polar surface area (TPSA) is 41.9 Å². The van der Waals surface area contributed by atoms with Crippen LogP contribution in [0.5, 0.6) is 5.75 Å². The maximum absolute atomic E-state index is 12.3. The highest BCUT2D eigenvalue weighted by atomic mass is 16.5. The van der Waals surface area contributed by atoms with Crippen molar-refractivity contribution in [2.45, 2.75) is 24.5 Å². The summed E-state index contributed by atoms with van der Waals surface area (Å²) in [5.41, 5.74) is 6.47. The minimum Gasteiger partial charge on any atom is -0.472 e. The molecule has 2 atom stereocenters. The van der Waals surface area contributed by atoms with Crippen molar-refractivity contribution in [2.24, 2.45) is 0 Å². The summed E-state index contributed by atoms with van der Waals surface area (Å²) in [6.07, 6.45) is 4.95. The highest BCUT2D eigenvalue weighted by Gasteiger charge is 2.46. The lowest BCUT2D eigenvalue weighted by molar-refractivity contribution is 0.0801. The van der Waals surface area contributed by atoms with E-state index in [0.29, 0.717) is 6.42 Å². The molecule has 3 aliphatic rings. The summed E-state index contributed by atoms with van der Waals surface area (Å²) in [5.74, 6) is 0.813. The number of nitrogens with zero attached hydrogens (tertiary/aromatic N) is 1. The predicted molar refractivity (Wildman–Crippen MR) is 169 cm³/mol. The van der Waals surface area contributed by atoms with Gasteiger partial charge in [0.2, 0.25) is 0 Å². The van der Waals surface area contributed by atoms with Crippen molar-refractivity contribution in [1.29, 1.82) is 0 Å². The molecule has 0 spiro atoms. The van der Waals surface area contributed by atoms with Gasteiger partial charge in [0.05, 0.1) is 13.2 Å². The van der Waals surface area contributed by atoms with E-state index in [0.717, 1.165) is 81.8 Å². The smallest absolute Gasteiger partial charge is 0.178 e. The van der Waals surface area contributed by atoms with E-state index < -0.39 is 11.2 Å². The first-order valence-corrected chi connectivity index (χ1v) is 14.9. The average Bonchev–Trinajstić information content (AvgIpc) is 3.35. The summed E-state index contributed by atoms with van der Waals surface area (Å²) < 4.78 is 12.9. The van der Waals surface area contributed by atoms with Crippen LogP contribution in [0.1, 0.15) is 41.2 Å². The van der Waals surface area contributed by atoms with Gasteiger partial charge in [-0.25, -0.2) is 0 Å². The molecular weight excluding hydrogens is 518 g/mol. The first kappa shape index (κ1) is 25.3. The molecule has 2 heterocycles. The maximum atomic E-state index is 12.3. The zero-order chi connectivity index (χ0) is 28.3. The number of anilines is 1. The normalized spacial score (nSPS) is 22.4. The highest BCUT2D eigenvalue weighted by Crippen LogP contribution is 2.58. The third kappa shape index (κ3) is 3.55. The summed E-state index contributed by atoms with van der Waals surface area (Å²) in [5, 5.41) is 14.5. The van der Waals surface area contributed by atoms with Gasteiger partial charge in [-0.3, -0.25) is 0 Å². The SMILES string of the molecule is CCC1(O)c2ccccc2-c2c1c1c(c3ccccc23)OC(c2ccccc2)(c2ccc(N3CCOCC3)cc2)C=C1. The van der Waals surface area contributed by atoms with E-state index in [1.807, 2.05) is 12.1 Å². The Morgan fingerprint density at radius 2 is 1.43 bits per heavy atom. The number of fused-ring (bicyclic) bond motifs is 8. The molecule has 5 aromatic carbocycles. The van der Waals surface area contributed by atoms with Gasteiger partial charge in [-0.2, -0.15) is 0 Å². The molecule has 1 N–H and O–H groups in total. The summed E-state index contributed by atoms with van der Waals surface area (Å²) in [4.78, 5) is 2.37. The molecule has 2 aliphatic heterocycles. The average molecular weight is 552 g/mol. The zero-order valence-electron chi connectivity index (χ0n) is 23.7. The van der Waals surface area contributed by atoms with E-state index >= 15 is 0 Å². The predicted octanol–water partition coefficient (Wildman–Crippen LogP) is 7.65. The minimum absolute atomic E-state index is 0.572. The van der Waals surface area contributed by atoms with E-state index in [9.17, 15) is 5.11 Å². The summed E-state index contributed by atoms with van der Waals surface area (Å²) >= 11 is 0. The van der Waals surface area contributed by atoms with E-state index in [1.165, 1.54) is 5.69 Å². The Morgan fingerprint density at radius 3 is 2.19 bits per heavy atom. The van der Waals surface area contributed by atoms with E-state index in [4.69, 9.17) is 9.47 Å². The molecule has 4 heteroatoms.